The van der Waals surface area contributed by atoms with Crippen molar-refractivity contribution in [1.82, 2.24) is 5.32 Å². The van der Waals surface area contributed by atoms with Crippen LogP contribution in [0.15, 0.2) is 0 Å². The monoisotopic (exact) mass is 243 g/mol. The van der Waals surface area contributed by atoms with E-state index >= 15 is 0 Å². The van der Waals surface area contributed by atoms with Crippen LogP contribution in [-0.4, -0.2) is 34.1 Å². The van der Waals surface area contributed by atoms with Gasteiger partial charge in [0, 0.05) is 12.5 Å². The van der Waals surface area contributed by atoms with Gasteiger partial charge in [0.05, 0.1) is 12.3 Å². The number of rotatable bonds is 5. The van der Waals surface area contributed by atoms with Crippen molar-refractivity contribution in [3.63, 3.8) is 0 Å². The van der Waals surface area contributed by atoms with E-state index in [0.29, 0.717) is 25.7 Å². The second kappa shape index (κ2) is 6.22. The molecule has 0 aromatic carbocycles. The number of hydrogen-bond acceptors (Lipinski definition) is 3. The third-order valence-electron chi connectivity index (χ3n) is 3.01. The third kappa shape index (κ3) is 4.84. The van der Waals surface area contributed by atoms with Gasteiger partial charge >= 0.3 is 11.9 Å². The first-order valence-electron chi connectivity index (χ1n) is 5.73. The molecule has 0 spiro atoms. The van der Waals surface area contributed by atoms with Crippen LogP contribution in [0.4, 0.5) is 0 Å². The van der Waals surface area contributed by atoms with E-state index in [4.69, 9.17) is 10.2 Å². The highest BCUT2D eigenvalue weighted by atomic mass is 16.4. The summed E-state index contributed by atoms with van der Waals surface area (Å²) in [4.78, 5) is 32.3. The van der Waals surface area contributed by atoms with Crippen molar-refractivity contribution in [2.75, 3.05) is 0 Å². The SMILES string of the molecule is O=C(O)CCC(=O)NC1CCC(C(=O)O)CC1. The van der Waals surface area contributed by atoms with Gasteiger partial charge in [0.2, 0.25) is 5.91 Å². The Balaban J connectivity index is 2.23. The Hall–Kier alpha value is -1.59. The van der Waals surface area contributed by atoms with Crippen LogP contribution >= 0.6 is 0 Å². The Bertz CT molecular complexity index is 307. The van der Waals surface area contributed by atoms with Crippen LogP contribution in [0.1, 0.15) is 38.5 Å². The normalized spacial score (nSPS) is 24.0. The molecule has 1 saturated carbocycles. The Morgan fingerprint density at radius 2 is 1.59 bits per heavy atom. The van der Waals surface area contributed by atoms with E-state index in [1.807, 2.05) is 0 Å². The maximum absolute atomic E-state index is 11.3. The van der Waals surface area contributed by atoms with E-state index in [1.54, 1.807) is 0 Å². The van der Waals surface area contributed by atoms with Crippen LogP contribution in [-0.2, 0) is 14.4 Å². The number of carboxylic acids is 2. The average Bonchev–Trinajstić information content (AvgIpc) is 2.27. The molecule has 0 atom stereocenters. The average molecular weight is 243 g/mol. The molecule has 1 amide bonds. The van der Waals surface area contributed by atoms with Crippen LogP contribution in [0.3, 0.4) is 0 Å². The number of hydrogen-bond donors (Lipinski definition) is 3. The number of aliphatic carboxylic acids is 2. The molecule has 0 heterocycles. The van der Waals surface area contributed by atoms with Gasteiger partial charge in [0.25, 0.3) is 0 Å². The highest BCUT2D eigenvalue weighted by Gasteiger charge is 2.26. The van der Waals surface area contributed by atoms with Gasteiger partial charge < -0.3 is 15.5 Å². The molecule has 6 heteroatoms. The molecular formula is C11H17NO5. The smallest absolute Gasteiger partial charge is 0.306 e. The van der Waals surface area contributed by atoms with Crippen molar-refractivity contribution in [2.45, 2.75) is 44.6 Å². The molecule has 17 heavy (non-hydrogen) atoms. The first-order valence-corrected chi connectivity index (χ1v) is 5.73. The van der Waals surface area contributed by atoms with Crippen molar-refractivity contribution in [3.05, 3.63) is 0 Å². The highest BCUT2D eigenvalue weighted by Crippen LogP contribution is 2.24. The molecule has 1 aliphatic carbocycles. The van der Waals surface area contributed by atoms with Gasteiger partial charge in [-0.15, -0.1) is 0 Å². The summed E-state index contributed by atoms with van der Waals surface area (Å²) in [5.74, 6) is -2.34. The zero-order valence-electron chi connectivity index (χ0n) is 9.52. The molecule has 1 fully saturated rings. The molecule has 1 aliphatic rings. The second-order valence-corrected chi connectivity index (χ2v) is 4.35. The van der Waals surface area contributed by atoms with Gasteiger partial charge in [-0.1, -0.05) is 0 Å². The van der Waals surface area contributed by atoms with Crippen molar-refractivity contribution in [3.8, 4) is 0 Å². The lowest BCUT2D eigenvalue weighted by Gasteiger charge is -2.26. The van der Waals surface area contributed by atoms with E-state index in [9.17, 15) is 14.4 Å². The molecule has 1 rings (SSSR count). The maximum atomic E-state index is 11.3. The highest BCUT2D eigenvalue weighted by molar-refractivity contribution is 5.80. The molecule has 0 aromatic heterocycles. The number of carbonyl (C=O) groups excluding carboxylic acids is 1. The molecule has 0 bridgehead atoms. The van der Waals surface area contributed by atoms with Crippen molar-refractivity contribution in [1.29, 1.82) is 0 Å². The summed E-state index contributed by atoms with van der Waals surface area (Å²) >= 11 is 0. The van der Waals surface area contributed by atoms with E-state index in [1.165, 1.54) is 0 Å². The summed E-state index contributed by atoms with van der Waals surface area (Å²) in [6, 6.07) is -0.00750. The Morgan fingerprint density at radius 1 is 1.00 bits per heavy atom. The summed E-state index contributed by atoms with van der Waals surface area (Å²) in [6.45, 7) is 0. The minimum Gasteiger partial charge on any atom is -0.481 e. The zero-order chi connectivity index (χ0) is 12.8. The van der Waals surface area contributed by atoms with E-state index in [0.717, 1.165) is 0 Å². The van der Waals surface area contributed by atoms with E-state index in [-0.39, 0.29) is 30.7 Å². The fourth-order valence-corrected chi connectivity index (χ4v) is 2.01. The fourth-order valence-electron chi connectivity index (χ4n) is 2.01. The van der Waals surface area contributed by atoms with Crippen LogP contribution in [0.2, 0.25) is 0 Å². The topological polar surface area (TPSA) is 104 Å². The van der Waals surface area contributed by atoms with Crippen LogP contribution < -0.4 is 5.32 Å². The molecular weight excluding hydrogens is 226 g/mol. The largest absolute Gasteiger partial charge is 0.481 e. The molecule has 6 nitrogen and oxygen atoms in total. The first kappa shape index (κ1) is 13.5. The lowest BCUT2D eigenvalue weighted by atomic mass is 9.86. The standard InChI is InChI=1S/C11H17NO5/c13-9(5-6-10(14)15)12-8-3-1-7(2-4-8)11(16)17/h7-8H,1-6H2,(H,12,13)(H,14,15)(H,16,17). The Morgan fingerprint density at radius 3 is 2.06 bits per heavy atom. The van der Waals surface area contributed by atoms with Crippen LogP contribution in [0, 0.1) is 5.92 Å². The Kier molecular flexibility index (Phi) is 4.93. The number of nitrogens with one attached hydrogen (secondary N) is 1. The van der Waals surface area contributed by atoms with Crippen LogP contribution in [0.5, 0.6) is 0 Å². The van der Waals surface area contributed by atoms with Gasteiger partial charge in [0.15, 0.2) is 0 Å². The molecule has 0 aromatic rings. The fraction of sp³-hybridized carbons (Fsp3) is 0.727. The minimum atomic E-state index is -0.991. The van der Waals surface area contributed by atoms with Gasteiger partial charge in [-0.2, -0.15) is 0 Å². The molecule has 0 radical (unpaired) electrons. The number of amides is 1. The Labute approximate surface area is 99.0 Å². The summed E-state index contributed by atoms with van der Waals surface area (Å²) in [6.07, 6.45) is 2.24. The molecule has 3 N–H and O–H groups in total. The predicted molar refractivity (Wildman–Crippen MR) is 58.4 cm³/mol. The summed E-state index contributed by atoms with van der Waals surface area (Å²) < 4.78 is 0. The predicted octanol–water partition coefficient (Wildman–Crippen LogP) is 0.611. The maximum Gasteiger partial charge on any atom is 0.306 e. The molecule has 96 valence electrons. The molecule has 0 aliphatic heterocycles. The quantitative estimate of drug-likeness (QED) is 0.656. The van der Waals surface area contributed by atoms with Crippen molar-refractivity contribution >= 4 is 17.8 Å². The summed E-state index contributed by atoms with van der Waals surface area (Å²) in [5, 5.41) is 20.0. The van der Waals surface area contributed by atoms with Gasteiger partial charge in [-0.3, -0.25) is 14.4 Å². The molecule has 0 unspecified atom stereocenters. The van der Waals surface area contributed by atoms with Crippen molar-refractivity contribution < 1.29 is 24.6 Å². The van der Waals surface area contributed by atoms with Gasteiger partial charge in [-0.05, 0) is 25.7 Å². The molecule has 0 saturated heterocycles. The van der Waals surface area contributed by atoms with E-state index in [2.05, 4.69) is 5.32 Å². The summed E-state index contributed by atoms with van der Waals surface area (Å²) in [5.41, 5.74) is 0. The first-order chi connectivity index (χ1) is 7.99. The van der Waals surface area contributed by atoms with Crippen LogP contribution in [0.25, 0.3) is 0 Å². The number of carbonyl (C=O) groups is 3. The lowest BCUT2D eigenvalue weighted by Crippen LogP contribution is -2.38. The van der Waals surface area contributed by atoms with E-state index < -0.39 is 11.9 Å². The van der Waals surface area contributed by atoms with Gasteiger partial charge in [-0.25, -0.2) is 0 Å². The zero-order valence-corrected chi connectivity index (χ0v) is 9.52. The van der Waals surface area contributed by atoms with Gasteiger partial charge in [0.1, 0.15) is 0 Å². The van der Waals surface area contributed by atoms with Crippen molar-refractivity contribution in [2.24, 2.45) is 5.92 Å². The minimum absolute atomic E-state index is 0.00750. The lowest BCUT2D eigenvalue weighted by molar-refractivity contribution is -0.143. The second-order valence-electron chi connectivity index (χ2n) is 4.35. The summed E-state index contributed by atoms with van der Waals surface area (Å²) in [7, 11) is 0. The number of carboxylic acid groups (broad SMARTS) is 2. The third-order valence-corrected chi connectivity index (χ3v) is 3.01.